The lowest BCUT2D eigenvalue weighted by Crippen LogP contribution is -2.46. The van der Waals surface area contributed by atoms with E-state index < -0.39 is 30.4 Å². The van der Waals surface area contributed by atoms with Gasteiger partial charge >= 0.3 is 0 Å². The standard InChI is InChI=1S/C12H11F4N/c13-11(14)7-4-8-12(15,16)10(11)17-9-5-2-1-3-6-9/h1-3,5-6H,4,7-8H2. The number of aliphatic imine (C=N–C) groups is 1. The first-order valence-corrected chi connectivity index (χ1v) is 5.32. The van der Waals surface area contributed by atoms with Crippen molar-refractivity contribution in [3.05, 3.63) is 30.3 Å². The monoisotopic (exact) mass is 245 g/mol. The second-order valence-corrected chi connectivity index (χ2v) is 4.06. The van der Waals surface area contributed by atoms with Crippen LogP contribution in [0, 0.1) is 0 Å². The molecule has 0 radical (unpaired) electrons. The number of hydrogen-bond donors (Lipinski definition) is 0. The predicted octanol–water partition coefficient (Wildman–Crippen LogP) is 4.21. The third kappa shape index (κ3) is 2.48. The summed E-state index contributed by atoms with van der Waals surface area (Å²) in [5.74, 6) is -7.03. The van der Waals surface area contributed by atoms with Gasteiger partial charge in [-0.2, -0.15) is 17.6 Å². The number of nitrogens with zero attached hydrogens (tertiary/aromatic N) is 1. The summed E-state index contributed by atoms with van der Waals surface area (Å²) in [5.41, 5.74) is -1.17. The number of hydrogen-bond acceptors (Lipinski definition) is 1. The predicted molar refractivity (Wildman–Crippen MR) is 57.3 cm³/mol. The van der Waals surface area contributed by atoms with Gasteiger partial charge in [0.15, 0.2) is 5.71 Å². The van der Waals surface area contributed by atoms with Crippen molar-refractivity contribution >= 4 is 11.4 Å². The number of alkyl halides is 4. The van der Waals surface area contributed by atoms with Crippen molar-refractivity contribution in [1.29, 1.82) is 0 Å². The van der Waals surface area contributed by atoms with Crippen LogP contribution >= 0.6 is 0 Å². The Kier molecular flexibility index (Phi) is 2.93. The Morgan fingerprint density at radius 2 is 1.41 bits per heavy atom. The van der Waals surface area contributed by atoms with Crippen molar-refractivity contribution in [2.45, 2.75) is 31.1 Å². The van der Waals surface area contributed by atoms with Crippen molar-refractivity contribution < 1.29 is 17.6 Å². The molecule has 17 heavy (non-hydrogen) atoms. The van der Waals surface area contributed by atoms with E-state index in [-0.39, 0.29) is 12.1 Å². The van der Waals surface area contributed by atoms with Gasteiger partial charge in [0.1, 0.15) is 0 Å². The number of rotatable bonds is 1. The Bertz CT molecular complexity index is 407. The molecule has 0 aliphatic heterocycles. The van der Waals surface area contributed by atoms with Gasteiger partial charge < -0.3 is 0 Å². The van der Waals surface area contributed by atoms with Gasteiger partial charge in [-0.05, 0) is 18.6 Å². The van der Waals surface area contributed by atoms with Crippen molar-refractivity contribution in [1.82, 2.24) is 0 Å². The third-order valence-corrected chi connectivity index (χ3v) is 2.67. The summed E-state index contributed by atoms with van der Waals surface area (Å²) in [5, 5.41) is 0. The van der Waals surface area contributed by atoms with Crippen molar-refractivity contribution in [3.8, 4) is 0 Å². The van der Waals surface area contributed by atoms with Crippen molar-refractivity contribution in [3.63, 3.8) is 0 Å². The summed E-state index contributed by atoms with van der Waals surface area (Å²) in [6.07, 6.45) is -1.31. The summed E-state index contributed by atoms with van der Waals surface area (Å²) >= 11 is 0. The molecule has 2 rings (SSSR count). The minimum atomic E-state index is -3.52. The molecule has 0 amide bonds. The number of halogens is 4. The van der Waals surface area contributed by atoms with E-state index in [2.05, 4.69) is 4.99 Å². The molecule has 1 nitrogen and oxygen atoms in total. The molecule has 0 unspecified atom stereocenters. The molecule has 1 saturated carbocycles. The van der Waals surface area contributed by atoms with Crippen LogP contribution in [0.5, 0.6) is 0 Å². The minimum Gasteiger partial charge on any atom is -0.245 e. The average molecular weight is 245 g/mol. The van der Waals surface area contributed by atoms with Gasteiger partial charge in [-0.1, -0.05) is 18.2 Å². The zero-order chi connectivity index (χ0) is 12.5. The normalized spacial score (nSPS) is 22.2. The second-order valence-electron chi connectivity index (χ2n) is 4.06. The molecule has 1 aromatic carbocycles. The summed E-state index contributed by atoms with van der Waals surface area (Å²) in [7, 11) is 0. The van der Waals surface area contributed by atoms with Crippen LogP contribution in [0.25, 0.3) is 0 Å². The Hall–Kier alpha value is -1.39. The van der Waals surface area contributed by atoms with Gasteiger partial charge in [-0.15, -0.1) is 0 Å². The molecular formula is C12H11F4N. The van der Waals surface area contributed by atoms with Crippen LogP contribution in [0.3, 0.4) is 0 Å². The molecule has 92 valence electrons. The lowest BCUT2D eigenvalue weighted by molar-refractivity contribution is -0.0234. The molecule has 0 N–H and O–H groups in total. The van der Waals surface area contributed by atoms with Crippen LogP contribution in [-0.2, 0) is 0 Å². The molecule has 0 aromatic heterocycles. The molecule has 1 aromatic rings. The minimum absolute atomic E-state index is 0.128. The molecule has 5 heteroatoms. The quantitative estimate of drug-likeness (QED) is 0.657. The van der Waals surface area contributed by atoms with Gasteiger partial charge in [-0.3, -0.25) is 0 Å². The summed E-state index contributed by atoms with van der Waals surface area (Å²) in [4.78, 5) is 3.44. The van der Waals surface area contributed by atoms with Crippen molar-refractivity contribution in [2.75, 3.05) is 0 Å². The van der Waals surface area contributed by atoms with Gasteiger partial charge in [0.2, 0.25) is 0 Å². The highest BCUT2D eigenvalue weighted by Crippen LogP contribution is 2.41. The summed E-state index contributed by atoms with van der Waals surface area (Å²) in [6, 6.07) is 7.65. The number of benzene rings is 1. The van der Waals surface area contributed by atoms with E-state index in [4.69, 9.17) is 0 Å². The summed E-state index contributed by atoms with van der Waals surface area (Å²) < 4.78 is 53.8. The Morgan fingerprint density at radius 1 is 0.882 bits per heavy atom. The zero-order valence-corrected chi connectivity index (χ0v) is 8.97. The molecular weight excluding hydrogens is 234 g/mol. The fraction of sp³-hybridized carbons (Fsp3) is 0.417. The molecule has 1 aliphatic carbocycles. The Labute approximate surface area is 96.2 Å². The Balaban J connectivity index is 2.42. The van der Waals surface area contributed by atoms with Crippen molar-refractivity contribution in [2.24, 2.45) is 4.99 Å². The maximum absolute atomic E-state index is 13.4. The van der Waals surface area contributed by atoms with Gasteiger partial charge in [0, 0.05) is 12.8 Å². The van der Waals surface area contributed by atoms with Gasteiger partial charge in [0.25, 0.3) is 11.8 Å². The maximum Gasteiger partial charge on any atom is 0.291 e. The van der Waals surface area contributed by atoms with Crippen LogP contribution in [0.4, 0.5) is 23.2 Å². The molecule has 1 fully saturated rings. The maximum atomic E-state index is 13.4. The second kappa shape index (κ2) is 4.13. The molecule has 0 spiro atoms. The average Bonchev–Trinajstić information content (AvgIpc) is 2.25. The lowest BCUT2D eigenvalue weighted by Gasteiger charge is -2.30. The van der Waals surface area contributed by atoms with E-state index in [0.29, 0.717) is 0 Å². The van der Waals surface area contributed by atoms with Crippen LogP contribution in [0.2, 0.25) is 0 Å². The highest BCUT2D eigenvalue weighted by Gasteiger charge is 2.54. The lowest BCUT2D eigenvalue weighted by atomic mass is 9.91. The van der Waals surface area contributed by atoms with E-state index in [1.807, 2.05) is 0 Å². The Morgan fingerprint density at radius 3 is 1.94 bits per heavy atom. The van der Waals surface area contributed by atoms with E-state index >= 15 is 0 Å². The van der Waals surface area contributed by atoms with Gasteiger partial charge in [-0.25, -0.2) is 4.99 Å². The zero-order valence-electron chi connectivity index (χ0n) is 8.97. The van der Waals surface area contributed by atoms with E-state index in [0.717, 1.165) is 0 Å². The first-order chi connectivity index (χ1) is 7.92. The summed E-state index contributed by atoms with van der Waals surface area (Å²) in [6.45, 7) is 0. The highest BCUT2D eigenvalue weighted by molar-refractivity contribution is 5.99. The highest BCUT2D eigenvalue weighted by atomic mass is 19.3. The van der Waals surface area contributed by atoms with Crippen LogP contribution in [0.1, 0.15) is 19.3 Å². The van der Waals surface area contributed by atoms with Crippen LogP contribution in [0.15, 0.2) is 35.3 Å². The van der Waals surface area contributed by atoms with E-state index in [9.17, 15) is 17.6 Å². The van der Waals surface area contributed by atoms with Crippen LogP contribution < -0.4 is 0 Å². The molecule has 1 aliphatic rings. The molecule has 0 heterocycles. The fourth-order valence-corrected chi connectivity index (χ4v) is 1.83. The first-order valence-electron chi connectivity index (χ1n) is 5.32. The van der Waals surface area contributed by atoms with E-state index in [1.54, 1.807) is 18.2 Å². The largest absolute Gasteiger partial charge is 0.291 e. The first kappa shape index (κ1) is 12.1. The smallest absolute Gasteiger partial charge is 0.245 e. The van der Waals surface area contributed by atoms with E-state index in [1.165, 1.54) is 12.1 Å². The molecule has 0 saturated heterocycles. The molecule has 0 atom stereocenters. The fourth-order valence-electron chi connectivity index (χ4n) is 1.83. The molecule has 0 bridgehead atoms. The third-order valence-electron chi connectivity index (χ3n) is 2.67. The topological polar surface area (TPSA) is 12.4 Å². The van der Waals surface area contributed by atoms with Gasteiger partial charge in [0.05, 0.1) is 5.69 Å². The van der Waals surface area contributed by atoms with Crippen LogP contribution in [-0.4, -0.2) is 17.6 Å². The SMILES string of the molecule is FC1(F)CCCC(F)(F)C1=Nc1ccccc1. The number of para-hydroxylation sites is 1.